The number of carbonyl (C=O) groups is 2. The van der Waals surface area contributed by atoms with Crippen LogP contribution >= 0.6 is 0 Å². The third-order valence-electron chi connectivity index (χ3n) is 3.56. The SMILES string of the molecule is CC(C)(NC(=O)c1ccc2ccccc2c1OS(=O)(=O)C(F)(F)F)C(=O)O. The molecule has 1 amide bonds. The largest absolute Gasteiger partial charge is 0.534 e. The van der Waals surface area contributed by atoms with Gasteiger partial charge in [0.15, 0.2) is 5.75 Å². The van der Waals surface area contributed by atoms with E-state index in [0.29, 0.717) is 5.39 Å². The number of alkyl halides is 3. The summed E-state index contributed by atoms with van der Waals surface area (Å²) in [6, 6.07) is 8.14. The smallest absolute Gasteiger partial charge is 0.480 e. The fourth-order valence-corrected chi connectivity index (χ4v) is 2.57. The van der Waals surface area contributed by atoms with Gasteiger partial charge in [0.2, 0.25) is 0 Å². The van der Waals surface area contributed by atoms with Crippen molar-refractivity contribution in [3.05, 3.63) is 42.0 Å². The number of fused-ring (bicyclic) bond motifs is 1. The van der Waals surface area contributed by atoms with E-state index in [1.807, 2.05) is 0 Å². The van der Waals surface area contributed by atoms with Gasteiger partial charge in [-0.1, -0.05) is 30.3 Å². The molecule has 0 unspecified atom stereocenters. The molecule has 27 heavy (non-hydrogen) atoms. The molecular weight excluding hydrogens is 391 g/mol. The molecule has 0 atom stereocenters. The molecule has 0 spiro atoms. The molecule has 0 aromatic heterocycles. The van der Waals surface area contributed by atoms with Crippen LogP contribution in [0, 0.1) is 0 Å². The minimum atomic E-state index is -6.05. The quantitative estimate of drug-likeness (QED) is 0.585. The van der Waals surface area contributed by atoms with Crippen molar-refractivity contribution in [3.63, 3.8) is 0 Å². The summed E-state index contributed by atoms with van der Waals surface area (Å²) >= 11 is 0. The number of carboxylic acid groups (broad SMARTS) is 1. The average Bonchev–Trinajstić information content (AvgIpc) is 2.53. The second-order valence-electron chi connectivity index (χ2n) is 6.03. The lowest BCUT2D eigenvalue weighted by molar-refractivity contribution is -0.143. The molecule has 0 saturated carbocycles. The van der Waals surface area contributed by atoms with Gasteiger partial charge >= 0.3 is 21.6 Å². The number of hydrogen-bond donors (Lipinski definition) is 2. The molecule has 2 rings (SSSR count). The highest BCUT2D eigenvalue weighted by molar-refractivity contribution is 7.88. The zero-order valence-electron chi connectivity index (χ0n) is 14.0. The summed E-state index contributed by atoms with van der Waals surface area (Å²) < 4.78 is 65.4. The van der Waals surface area contributed by atoms with Crippen molar-refractivity contribution in [1.29, 1.82) is 0 Å². The maximum Gasteiger partial charge on any atom is 0.534 e. The van der Waals surface area contributed by atoms with E-state index in [9.17, 15) is 31.2 Å². The van der Waals surface area contributed by atoms with Gasteiger partial charge in [0.1, 0.15) is 5.54 Å². The Hall–Kier alpha value is -2.82. The Morgan fingerprint density at radius 2 is 1.67 bits per heavy atom. The van der Waals surface area contributed by atoms with Crippen LogP contribution in [0.15, 0.2) is 36.4 Å². The van der Waals surface area contributed by atoms with Crippen LogP contribution in [0.4, 0.5) is 13.2 Å². The van der Waals surface area contributed by atoms with Crippen LogP contribution < -0.4 is 9.50 Å². The molecule has 11 heteroatoms. The fraction of sp³-hybridized carbons (Fsp3) is 0.250. The van der Waals surface area contributed by atoms with Gasteiger partial charge in [0.25, 0.3) is 5.91 Å². The van der Waals surface area contributed by atoms with Gasteiger partial charge in [0.05, 0.1) is 5.56 Å². The summed E-state index contributed by atoms with van der Waals surface area (Å²) in [6.07, 6.45) is 0. The van der Waals surface area contributed by atoms with Crippen LogP contribution in [0.2, 0.25) is 0 Å². The molecule has 0 saturated heterocycles. The lowest BCUT2D eigenvalue weighted by Gasteiger charge is -2.22. The lowest BCUT2D eigenvalue weighted by atomic mass is 10.0. The molecule has 0 aliphatic carbocycles. The van der Waals surface area contributed by atoms with E-state index in [0.717, 1.165) is 19.9 Å². The van der Waals surface area contributed by atoms with Gasteiger partial charge in [-0.2, -0.15) is 21.6 Å². The number of aliphatic carboxylic acids is 1. The molecule has 0 bridgehead atoms. The Morgan fingerprint density at radius 1 is 1.07 bits per heavy atom. The zero-order chi connectivity index (χ0) is 20.6. The summed E-state index contributed by atoms with van der Waals surface area (Å²) in [6.45, 7) is 2.31. The van der Waals surface area contributed by atoms with E-state index in [1.54, 1.807) is 6.07 Å². The number of nitrogens with one attached hydrogen (secondary N) is 1. The van der Waals surface area contributed by atoms with Crippen LogP contribution in [0.5, 0.6) is 5.75 Å². The van der Waals surface area contributed by atoms with Crippen molar-refractivity contribution < 1.29 is 40.5 Å². The van der Waals surface area contributed by atoms with Crippen LogP contribution in [0.1, 0.15) is 24.2 Å². The molecular formula is C16H14F3NO6S. The predicted octanol–water partition coefficient (Wildman–Crippen LogP) is 2.66. The second-order valence-corrected chi connectivity index (χ2v) is 7.57. The number of halogens is 3. The average molecular weight is 405 g/mol. The van der Waals surface area contributed by atoms with Gasteiger partial charge in [-0.3, -0.25) is 4.79 Å². The number of benzene rings is 2. The molecule has 2 N–H and O–H groups in total. The number of hydrogen-bond acceptors (Lipinski definition) is 5. The summed E-state index contributed by atoms with van der Waals surface area (Å²) in [5.41, 5.74) is -8.03. The van der Waals surface area contributed by atoms with E-state index in [4.69, 9.17) is 5.11 Å². The molecule has 0 aliphatic heterocycles. The zero-order valence-corrected chi connectivity index (χ0v) is 14.8. The topological polar surface area (TPSA) is 110 Å². The first-order chi connectivity index (χ1) is 12.3. The van der Waals surface area contributed by atoms with Crippen LogP contribution in [-0.4, -0.2) is 36.4 Å². The molecule has 0 fully saturated rings. The van der Waals surface area contributed by atoms with E-state index in [2.05, 4.69) is 9.50 Å². The number of rotatable bonds is 5. The Balaban J connectivity index is 2.64. The van der Waals surface area contributed by atoms with Gasteiger partial charge < -0.3 is 14.6 Å². The first-order valence-electron chi connectivity index (χ1n) is 7.35. The Bertz CT molecular complexity index is 1010. The summed E-state index contributed by atoms with van der Waals surface area (Å²) in [4.78, 5) is 23.6. The number of carboxylic acids is 1. The monoisotopic (exact) mass is 405 g/mol. The minimum Gasteiger partial charge on any atom is -0.480 e. The van der Waals surface area contributed by atoms with Crippen LogP contribution in [-0.2, 0) is 14.9 Å². The third-order valence-corrected chi connectivity index (χ3v) is 4.51. The highest BCUT2D eigenvalue weighted by Crippen LogP contribution is 2.35. The molecule has 2 aromatic carbocycles. The maximum atomic E-state index is 12.7. The molecule has 0 aliphatic rings. The number of amides is 1. The molecule has 0 radical (unpaired) electrons. The van der Waals surface area contributed by atoms with Gasteiger partial charge in [-0.15, -0.1) is 0 Å². The highest BCUT2D eigenvalue weighted by Gasteiger charge is 2.49. The van der Waals surface area contributed by atoms with Crippen LogP contribution in [0.3, 0.4) is 0 Å². The third kappa shape index (κ3) is 4.13. The van der Waals surface area contributed by atoms with Crippen molar-refractivity contribution in [2.45, 2.75) is 24.9 Å². The van der Waals surface area contributed by atoms with E-state index in [1.165, 1.54) is 24.3 Å². The normalized spacial score (nSPS) is 12.6. The first-order valence-corrected chi connectivity index (χ1v) is 8.75. The van der Waals surface area contributed by atoms with E-state index < -0.39 is 44.4 Å². The Labute approximate surface area is 151 Å². The molecule has 2 aromatic rings. The van der Waals surface area contributed by atoms with E-state index >= 15 is 0 Å². The maximum absolute atomic E-state index is 12.7. The number of carbonyl (C=O) groups excluding carboxylic acids is 1. The van der Waals surface area contributed by atoms with Gasteiger partial charge in [-0.05, 0) is 25.3 Å². The lowest BCUT2D eigenvalue weighted by Crippen LogP contribution is -2.49. The molecule has 7 nitrogen and oxygen atoms in total. The second kappa shape index (κ2) is 6.72. The van der Waals surface area contributed by atoms with Gasteiger partial charge in [-0.25, -0.2) is 4.79 Å². The fourth-order valence-electron chi connectivity index (χ4n) is 2.07. The van der Waals surface area contributed by atoms with Gasteiger partial charge in [0, 0.05) is 5.39 Å². The van der Waals surface area contributed by atoms with Crippen molar-refractivity contribution in [2.75, 3.05) is 0 Å². The van der Waals surface area contributed by atoms with Crippen molar-refractivity contribution in [2.24, 2.45) is 0 Å². The molecule has 146 valence electrons. The van der Waals surface area contributed by atoms with Crippen LogP contribution in [0.25, 0.3) is 10.8 Å². The molecule has 0 heterocycles. The Morgan fingerprint density at radius 3 is 2.22 bits per heavy atom. The van der Waals surface area contributed by atoms with Crippen molar-refractivity contribution >= 4 is 32.8 Å². The predicted molar refractivity (Wildman–Crippen MR) is 88.7 cm³/mol. The van der Waals surface area contributed by atoms with Crippen molar-refractivity contribution in [3.8, 4) is 5.75 Å². The summed E-state index contributed by atoms with van der Waals surface area (Å²) in [7, 11) is -6.05. The highest BCUT2D eigenvalue weighted by atomic mass is 32.2. The van der Waals surface area contributed by atoms with Crippen molar-refractivity contribution in [1.82, 2.24) is 5.32 Å². The minimum absolute atomic E-state index is 0.0638. The summed E-state index contributed by atoms with van der Waals surface area (Å²) in [5, 5.41) is 11.4. The van der Waals surface area contributed by atoms with E-state index in [-0.39, 0.29) is 5.39 Å². The summed E-state index contributed by atoms with van der Waals surface area (Å²) in [5.74, 6) is -3.35. The standard InChI is InChI=1S/C16H14F3NO6S/c1-15(2,14(22)23)20-13(21)11-8-7-9-5-3-4-6-10(9)12(11)26-27(24,25)16(17,18)19/h3-8H,1-2H3,(H,20,21)(H,22,23). The first kappa shape index (κ1) is 20.5. The Kier molecular flexibility index (Phi) is 5.10.